The van der Waals surface area contributed by atoms with E-state index in [1.165, 1.54) is 0 Å². The van der Waals surface area contributed by atoms with E-state index in [4.69, 9.17) is 4.42 Å². The Morgan fingerprint density at radius 1 is 1.30 bits per heavy atom. The average Bonchev–Trinajstić information content (AvgIpc) is 2.92. The number of aliphatic imine (C=N–C) groups is 1. The van der Waals surface area contributed by atoms with Gasteiger partial charge in [-0.25, -0.2) is 4.99 Å². The Balaban J connectivity index is 0.00000264. The maximum atomic E-state index is 9.49. The summed E-state index contributed by atoms with van der Waals surface area (Å²) >= 11 is 0. The predicted octanol–water partition coefficient (Wildman–Crippen LogP) is 3.73. The lowest BCUT2D eigenvalue weighted by Gasteiger charge is -2.16. The summed E-state index contributed by atoms with van der Waals surface area (Å²) in [6, 6.07) is 11.1. The van der Waals surface area contributed by atoms with E-state index in [1.54, 1.807) is 12.1 Å². The number of aryl methyl sites for hydroxylation is 1. The van der Waals surface area contributed by atoms with Crippen LogP contribution in [-0.2, 0) is 6.54 Å². The molecule has 1 heterocycles. The van der Waals surface area contributed by atoms with Gasteiger partial charge in [0.1, 0.15) is 17.3 Å². The number of phenolic OH excluding ortho intramolecular Hbond substituents is 1. The van der Waals surface area contributed by atoms with E-state index in [2.05, 4.69) is 15.6 Å². The molecule has 1 aromatic carbocycles. The van der Waals surface area contributed by atoms with E-state index < -0.39 is 0 Å². The highest BCUT2D eigenvalue weighted by Gasteiger charge is 2.11. The zero-order valence-corrected chi connectivity index (χ0v) is 16.0. The van der Waals surface area contributed by atoms with Crippen molar-refractivity contribution in [3.05, 3.63) is 53.5 Å². The first-order valence-corrected chi connectivity index (χ1v) is 7.47. The van der Waals surface area contributed by atoms with Crippen LogP contribution in [0, 0.1) is 6.92 Å². The summed E-state index contributed by atoms with van der Waals surface area (Å²) in [5, 5.41) is 16.0. The molecular weight excluding hydrogens is 405 g/mol. The second-order valence-electron chi connectivity index (χ2n) is 5.18. The molecule has 0 saturated carbocycles. The summed E-state index contributed by atoms with van der Waals surface area (Å²) in [6.45, 7) is 7.24. The molecule has 0 radical (unpaired) electrons. The van der Waals surface area contributed by atoms with Crippen LogP contribution in [0.4, 0.5) is 0 Å². The molecular formula is C17H24IN3O2. The molecule has 1 unspecified atom stereocenters. The van der Waals surface area contributed by atoms with Crippen LogP contribution in [0.3, 0.4) is 0 Å². The van der Waals surface area contributed by atoms with E-state index in [9.17, 15) is 5.11 Å². The minimum Gasteiger partial charge on any atom is -0.508 e. The summed E-state index contributed by atoms with van der Waals surface area (Å²) in [5.74, 6) is 2.74. The Hall–Kier alpha value is -1.70. The van der Waals surface area contributed by atoms with Crippen LogP contribution in [-0.4, -0.2) is 17.6 Å². The number of nitrogens with zero attached hydrogens (tertiary/aromatic N) is 1. The van der Waals surface area contributed by atoms with Crippen LogP contribution in [0.15, 0.2) is 45.8 Å². The summed E-state index contributed by atoms with van der Waals surface area (Å²) < 4.78 is 5.62. The average molecular weight is 429 g/mol. The molecule has 0 aliphatic carbocycles. The number of benzene rings is 1. The normalized spacial score (nSPS) is 12.4. The lowest BCUT2D eigenvalue weighted by atomic mass is 10.2. The molecule has 0 fully saturated rings. The highest BCUT2D eigenvalue weighted by Crippen LogP contribution is 2.15. The van der Waals surface area contributed by atoms with Gasteiger partial charge in [0.25, 0.3) is 0 Å². The fourth-order valence-electron chi connectivity index (χ4n) is 2.11. The molecule has 2 aromatic rings. The van der Waals surface area contributed by atoms with Gasteiger partial charge in [-0.05, 0) is 50.6 Å². The summed E-state index contributed by atoms with van der Waals surface area (Å²) in [6.07, 6.45) is 0. The molecule has 1 atom stereocenters. The zero-order chi connectivity index (χ0) is 15.9. The molecule has 0 bridgehead atoms. The number of hydrogen-bond donors (Lipinski definition) is 3. The zero-order valence-electron chi connectivity index (χ0n) is 13.7. The number of hydrogen-bond acceptors (Lipinski definition) is 3. The van der Waals surface area contributed by atoms with E-state index in [1.807, 2.05) is 45.0 Å². The van der Waals surface area contributed by atoms with E-state index >= 15 is 0 Å². The second kappa shape index (κ2) is 9.44. The summed E-state index contributed by atoms with van der Waals surface area (Å²) in [4.78, 5) is 4.54. The van der Waals surface area contributed by atoms with Gasteiger partial charge in [-0.15, -0.1) is 24.0 Å². The molecule has 1 aromatic heterocycles. The van der Waals surface area contributed by atoms with Gasteiger partial charge in [0.15, 0.2) is 5.96 Å². The van der Waals surface area contributed by atoms with Crippen molar-refractivity contribution in [2.24, 2.45) is 4.99 Å². The van der Waals surface area contributed by atoms with Crippen LogP contribution in [0.1, 0.15) is 37.0 Å². The molecule has 0 saturated heterocycles. The van der Waals surface area contributed by atoms with Crippen molar-refractivity contribution in [3.63, 3.8) is 0 Å². The molecule has 23 heavy (non-hydrogen) atoms. The molecule has 6 heteroatoms. The van der Waals surface area contributed by atoms with Gasteiger partial charge in [-0.2, -0.15) is 0 Å². The van der Waals surface area contributed by atoms with Crippen molar-refractivity contribution in [2.75, 3.05) is 6.54 Å². The van der Waals surface area contributed by atoms with E-state index in [0.29, 0.717) is 12.5 Å². The molecule has 3 N–H and O–H groups in total. The minimum atomic E-state index is 0. The third kappa shape index (κ3) is 6.13. The van der Waals surface area contributed by atoms with Crippen molar-refractivity contribution in [3.8, 4) is 5.75 Å². The third-order valence-electron chi connectivity index (χ3n) is 3.22. The monoisotopic (exact) mass is 429 g/mol. The smallest absolute Gasteiger partial charge is 0.192 e. The van der Waals surface area contributed by atoms with Crippen molar-refractivity contribution in [1.29, 1.82) is 0 Å². The van der Waals surface area contributed by atoms with Gasteiger partial charge in [-0.1, -0.05) is 12.1 Å². The first-order valence-electron chi connectivity index (χ1n) is 7.47. The molecule has 5 nitrogen and oxygen atoms in total. The van der Waals surface area contributed by atoms with Gasteiger partial charge in [0, 0.05) is 6.54 Å². The Bertz CT molecular complexity index is 640. The number of nitrogens with one attached hydrogen (secondary N) is 2. The van der Waals surface area contributed by atoms with Crippen LogP contribution in [0.5, 0.6) is 5.75 Å². The van der Waals surface area contributed by atoms with Gasteiger partial charge in [0.05, 0.1) is 12.6 Å². The molecule has 0 spiro atoms. The standard InChI is InChI=1S/C17H23N3O2.HI/c1-4-18-17(19-11-14-6-5-7-15(21)10-14)20-13(3)16-9-8-12(2)22-16;/h5-10,13,21H,4,11H2,1-3H3,(H2,18,19,20);1H. The highest BCUT2D eigenvalue weighted by atomic mass is 127. The number of guanidine groups is 1. The minimum absolute atomic E-state index is 0. The van der Waals surface area contributed by atoms with Crippen molar-refractivity contribution in [1.82, 2.24) is 10.6 Å². The quantitative estimate of drug-likeness (QED) is 0.385. The number of aromatic hydroxyl groups is 1. The number of rotatable bonds is 5. The van der Waals surface area contributed by atoms with E-state index in [-0.39, 0.29) is 35.8 Å². The fourth-order valence-corrected chi connectivity index (χ4v) is 2.11. The van der Waals surface area contributed by atoms with Crippen molar-refractivity contribution >= 4 is 29.9 Å². The Morgan fingerprint density at radius 3 is 2.70 bits per heavy atom. The Morgan fingerprint density at radius 2 is 2.09 bits per heavy atom. The predicted molar refractivity (Wildman–Crippen MR) is 103 cm³/mol. The molecule has 0 amide bonds. The van der Waals surface area contributed by atoms with Crippen LogP contribution < -0.4 is 10.6 Å². The second-order valence-corrected chi connectivity index (χ2v) is 5.18. The van der Waals surface area contributed by atoms with Crippen LogP contribution >= 0.6 is 24.0 Å². The Labute approximate surface area is 154 Å². The fraction of sp³-hybridized carbons (Fsp3) is 0.353. The molecule has 0 aliphatic heterocycles. The van der Waals surface area contributed by atoms with Gasteiger partial charge < -0.3 is 20.2 Å². The maximum Gasteiger partial charge on any atom is 0.192 e. The van der Waals surface area contributed by atoms with Gasteiger partial charge >= 0.3 is 0 Å². The van der Waals surface area contributed by atoms with Crippen molar-refractivity contribution < 1.29 is 9.52 Å². The molecule has 2 rings (SSSR count). The van der Waals surface area contributed by atoms with Crippen LogP contribution in [0.25, 0.3) is 0 Å². The number of furan rings is 1. The van der Waals surface area contributed by atoms with E-state index in [0.717, 1.165) is 23.6 Å². The number of halogens is 1. The number of phenols is 1. The van der Waals surface area contributed by atoms with Gasteiger partial charge in [-0.3, -0.25) is 0 Å². The largest absolute Gasteiger partial charge is 0.508 e. The van der Waals surface area contributed by atoms with Crippen LogP contribution in [0.2, 0.25) is 0 Å². The maximum absolute atomic E-state index is 9.49. The lowest BCUT2D eigenvalue weighted by molar-refractivity contribution is 0.441. The van der Waals surface area contributed by atoms with Gasteiger partial charge in [0.2, 0.25) is 0 Å². The topological polar surface area (TPSA) is 69.8 Å². The SMILES string of the molecule is CCNC(=NCc1cccc(O)c1)NC(C)c1ccc(C)o1.I. The molecule has 126 valence electrons. The molecule has 0 aliphatic rings. The lowest BCUT2D eigenvalue weighted by Crippen LogP contribution is -2.38. The highest BCUT2D eigenvalue weighted by molar-refractivity contribution is 14.0. The summed E-state index contributed by atoms with van der Waals surface area (Å²) in [5.41, 5.74) is 0.957. The first-order chi connectivity index (χ1) is 10.6. The third-order valence-corrected chi connectivity index (χ3v) is 3.22. The summed E-state index contributed by atoms with van der Waals surface area (Å²) in [7, 11) is 0. The Kier molecular flexibility index (Phi) is 7.94. The first kappa shape index (κ1) is 19.3. The van der Waals surface area contributed by atoms with Crippen molar-refractivity contribution in [2.45, 2.75) is 33.4 Å².